The van der Waals surface area contributed by atoms with Gasteiger partial charge in [-0.15, -0.1) is 0 Å². The Kier molecular flexibility index (Phi) is 6.06. The van der Waals surface area contributed by atoms with Crippen LogP contribution in [0.3, 0.4) is 0 Å². The minimum Gasteiger partial charge on any atom is -0.493 e. The molecule has 1 aliphatic heterocycles. The van der Waals surface area contributed by atoms with E-state index in [0.717, 1.165) is 10.0 Å². The highest BCUT2D eigenvalue weighted by molar-refractivity contribution is 9.10. The highest BCUT2D eigenvalue weighted by Gasteiger charge is 2.26. The summed E-state index contributed by atoms with van der Waals surface area (Å²) in [6.45, 7) is 0.361. The number of ether oxygens (including phenoxy) is 3. The van der Waals surface area contributed by atoms with Crippen molar-refractivity contribution >= 4 is 49.8 Å². The molecule has 3 aromatic rings. The first kappa shape index (κ1) is 20.4. The van der Waals surface area contributed by atoms with Gasteiger partial charge >= 0.3 is 5.97 Å². The van der Waals surface area contributed by atoms with Crippen molar-refractivity contribution < 1.29 is 23.4 Å². The predicted octanol–water partition coefficient (Wildman–Crippen LogP) is 5.74. The molecule has 0 fully saturated rings. The normalized spacial score (nSPS) is 14.6. The Labute approximate surface area is 189 Å². The summed E-state index contributed by atoms with van der Waals surface area (Å²) in [6.07, 6.45) is 3.10. The zero-order valence-electron chi connectivity index (χ0n) is 15.7. The van der Waals surface area contributed by atoms with Gasteiger partial charge in [-0.3, -0.25) is 0 Å². The van der Waals surface area contributed by atoms with E-state index in [1.54, 1.807) is 31.4 Å². The molecule has 0 spiro atoms. The van der Waals surface area contributed by atoms with Crippen LogP contribution in [-0.2, 0) is 16.1 Å². The van der Waals surface area contributed by atoms with Gasteiger partial charge < -0.3 is 18.6 Å². The quantitative estimate of drug-likeness (QED) is 0.299. The third kappa shape index (κ3) is 4.34. The van der Waals surface area contributed by atoms with Crippen molar-refractivity contribution in [2.24, 2.45) is 4.99 Å². The smallest absolute Gasteiger partial charge is 0.363 e. The summed E-state index contributed by atoms with van der Waals surface area (Å²) in [5.74, 6) is 1.05. The summed E-state index contributed by atoms with van der Waals surface area (Å²) in [4.78, 5) is 16.4. The van der Waals surface area contributed by atoms with Crippen LogP contribution in [0.5, 0.6) is 11.5 Å². The maximum Gasteiger partial charge on any atom is 0.363 e. The molecule has 1 aromatic heterocycles. The van der Waals surface area contributed by atoms with E-state index >= 15 is 0 Å². The topological polar surface area (TPSA) is 70.3 Å². The van der Waals surface area contributed by atoms with E-state index in [2.05, 4.69) is 36.9 Å². The number of methoxy groups -OCH3 is 1. The van der Waals surface area contributed by atoms with Crippen LogP contribution in [0, 0.1) is 0 Å². The molecule has 8 heteroatoms. The Morgan fingerprint density at radius 2 is 1.93 bits per heavy atom. The number of benzene rings is 2. The van der Waals surface area contributed by atoms with Gasteiger partial charge in [0.2, 0.25) is 0 Å². The Balaban J connectivity index is 1.60. The van der Waals surface area contributed by atoms with E-state index in [0.29, 0.717) is 33.9 Å². The first-order chi connectivity index (χ1) is 14.5. The number of hydrogen-bond acceptors (Lipinski definition) is 6. The number of furan rings is 1. The van der Waals surface area contributed by atoms with Crippen molar-refractivity contribution in [2.45, 2.75) is 6.61 Å². The van der Waals surface area contributed by atoms with Crippen LogP contribution < -0.4 is 9.47 Å². The lowest BCUT2D eigenvalue weighted by Crippen LogP contribution is -2.04. The van der Waals surface area contributed by atoms with E-state index in [1.807, 2.05) is 30.3 Å². The number of aliphatic imine (C=N–C) groups is 1. The van der Waals surface area contributed by atoms with Crippen LogP contribution in [0.25, 0.3) is 6.08 Å². The standard InChI is InChI=1S/C22H15Br2NO5/c1-27-19-11-13(10-17-22(26)30-21(25-17)18-7-4-8-28-18)9-16(24)20(19)29-12-14-5-2-3-6-15(14)23/h2-11H,12H2,1H3/b17-10-. The van der Waals surface area contributed by atoms with E-state index in [-0.39, 0.29) is 11.6 Å². The first-order valence-corrected chi connectivity index (χ1v) is 10.4. The van der Waals surface area contributed by atoms with Gasteiger partial charge in [0.15, 0.2) is 23.0 Å². The number of cyclic esters (lactones) is 1. The molecule has 152 valence electrons. The van der Waals surface area contributed by atoms with Gasteiger partial charge in [-0.25, -0.2) is 9.79 Å². The van der Waals surface area contributed by atoms with Gasteiger partial charge in [-0.05, 0) is 57.9 Å². The Bertz CT molecular complexity index is 1150. The minimum absolute atomic E-state index is 0.135. The lowest BCUT2D eigenvalue weighted by atomic mass is 10.1. The molecule has 30 heavy (non-hydrogen) atoms. The molecule has 0 N–H and O–H groups in total. The molecular weight excluding hydrogens is 518 g/mol. The first-order valence-electron chi connectivity index (χ1n) is 8.85. The molecule has 1 aliphatic rings. The third-order valence-corrected chi connectivity index (χ3v) is 5.60. The van der Waals surface area contributed by atoms with Gasteiger partial charge in [0, 0.05) is 10.0 Å². The van der Waals surface area contributed by atoms with Crippen molar-refractivity contribution in [2.75, 3.05) is 7.11 Å². The second-order valence-corrected chi connectivity index (χ2v) is 7.94. The number of hydrogen-bond donors (Lipinski definition) is 0. The van der Waals surface area contributed by atoms with Crippen molar-refractivity contribution in [1.82, 2.24) is 0 Å². The fraction of sp³-hybridized carbons (Fsp3) is 0.0909. The maximum absolute atomic E-state index is 12.2. The molecule has 6 nitrogen and oxygen atoms in total. The monoisotopic (exact) mass is 531 g/mol. The molecule has 2 heterocycles. The Hall–Kier alpha value is -2.84. The average molecular weight is 533 g/mol. The summed E-state index contributed by atoms with van der Waals surface area (Å²) in [5.41, 5.74) is 1.87. The highest BCUT2D eigenvalue weighted by Crippen LogP contribution is 2.38. The number of carbonyl (C=O) groups is 1. The molecule has 0 saturated heterocycles. The van der Waals surface area contributed by atoms with E-state index in [1.165, 1.54) is 6.26 Å². The Morgan fingerprint density at radius 1 is 1.10 bits per heavy atom. The summed E-state index contributed by atoms with van der Waals surface area (Å²) in [6, 6.07) is 14.8. The van der Waals surface area contributed by atoms with Crippen molar-refractivity contribution in [1.29, 1.82) is 0 Å². The number of halogens is 2. The van der Waals surface area contributed by atoms with Gasteiger partial charge in [0.05, 0.1) is 17.8 Å². The highest BCUT2D eigenvalue weighted by atomic mass is 79.9. The lowest BCUT2D eigenvalue weighted by molar-refractivity contribution is -0.130. The summed E-state index contributed by atoms with van der Waals surface area (Å²) >= 11 is 7.04. The number of carbonyl (C=O) groups excluding carboxylic acids is 1. The van der Waals surface area contributed by atoms with Crippen LogP contribution in [0.15, 0.2) is 78.8 Å². The van der Waals surface area contributed by atoms with Crippen LogP contribution >= 0.6 is 31.9 Å². The molecule has 0 bridgehead atoms. The fourth-order valence-corrected chi connectivity index (χ4v) is 3.77. The van der Waals surface area contributed by atoms with E-state index in [9.17, 15) is 4.79 Å². The van der Waals surface area contributed by atoms with E-state index in [4.69, 9.17) is 18.6 Å². The molecule has 0 saturated carbocycles. The summed E-state index contributed by atoms with van der Waals surface area (Å²) < 4.78 is 23.5. The SMILES string of the molecule is COc1cc(/C=C2\N=C(c3ccco3)OC2=O)cc(Br)c1OCc1ccccc1Br. The van der Waals surface area contributed by atoms with Crippen LogP contribution in [0.2, 0.25) is 0 Å². The zero-order chi connectivity index (χ0) is 21.1. The second-order valence-electron chi connectivity index (χ2n) is 6.23. The molecular formula is C22H15Br2NO5. The van der Waals surface area contributed by atoms with Gasteiger partial charge in [-0.1, -0.05) is 34.1 Å². The minimum atomic E-state index is -0.550. The van der Waals surface area contributed by atoms with Crippen LogP contribution in [-0.4, -0.2) is 19.0 Å². The molecule has 0 radical (unpaired) electrons. The summed E-state index contributed by atoms with van der Waals surface area (Å²) in [7, 11) is 1.56. The van der Waals surface area contributed by atoms with Crippen LogP contribution in [0.4, 0.5) is 0 Å². The molecule has 0 atom stereocenters. The average Bonchev–Trinajstić information content (AvgIpc) is 3.38. The van der Waals surface area contributed by atoms with E-state index < -0.39 is 5.97 Å². The van der Waals surface area contributed by atoms with Crippen LogP contribution in [0.1, 0.15) is 16.9 Å². The second kappa shape index (κ2) is 8.89. The molecule has 0 unspecified atom stereocenters. The predicted molar refractivity (Wildman–Crippen MR) is 118 cm³/mol. The van der Waals surface area contributed by atoms with Gasteiger partial charge in [0.1, 0.15) is 6.61 Å². The largest absolute Gasteiger partial charge is 0.493 e. The third-order valence-electron chi connectivity index (χ3n) is 4.24. The Morgan fingerprint density at radius 3 is 2.67 bits per heavy atom. The van der Waals surface area contributed by atoms with Crippen molar-refractivity contribution in [3.05, 3.63) is 86.3 Å². The number of nitrogens with zero attached hydrogens (tertiary/aromatic N) is 1. The number of rotatable bonds is 6. The van der Waals surface area contributed by atoms with Crippen molar-refractivity contribution in [3.63, 3.8) is 0 Å². The molecule has 0 aliphatic carbocycles. The van der Waals surface area contributed by atoms with Crippen molar-refractivity contribution in [3.8, 4) is 11.5 Å². The van der Waals surface area contributed by atoms with Gasteiger partial charge in [-0.2, -0.15) is 0 Å². The van der Waals surface area contributed by atoms with Gasteiger partial charge in [0.25, 0.3) is 5.90 Å². The molecule has 2 aromatic carbocycles. The zero-order valence-corrected chi connectivity index (χ0v) is 18.9. The molecule has 4 rings (SSSR count). The number of esters is 1. The lowest BCUT2D eigenvalue weighted by Gasteiger charge is -2.14. The fourth-order valence-electron chi connectivity index (χ4n) is 2.80. The maximum atomic E-state index is 12.2. The summed E-state index contributed by atoms with van der Waals surface area (Å²) in [5, 5.41) is 0. The molecule has 0 amide bonds.